The third kappa shape index (κ3) is 6.42. The minimum Gasteiger partial charge on any atom is -0.359 e. The van der Waals surface area contributed by atoms with Crippen molar-refractivity contribution in [2.75, 3.05) is 7.05 Å². The predicted octanol–water partition coefficient (Wildman–Crippen LogP) is 4.10. The van der Waals surface area contributed by atoms with Crippen LogP contribution >= 0.6 is 11.3 Å². The molecular weight excluding hydrogens is 462 g/mol. The molecule has 2 amide bonds. The average Bonchev–Trinajstić information content (AvgIpc) is 3.65. The number of benzene rings is 1. The fourth-order valence-electron chi connectivity index (χ4n) is 3.82. The molecule has 1 aromatic carbocycles. The van der Waals surface area contributed by atoms with E-state index in [1.807, 2.05) is 43.6 Å². The fourth-order valence-corrected chi connectivity index (χ4v) is 4.34. The molecule has 9 nitrogen and oxygen atoms in total. The minimum atomic E-state index is -0.272. The maximum atomic E-state index is 12.7. The van der Waals surface area contributed by atoms with Crippen molar-refractivity contribution >= 4 is 23.2 Å². The molecule has 0 aliphatic rings. The molecule has 10 heteroatoms. The number of thiazole rings is 1. The summed E-state index contributed by atoms with van der Waals surface area (Å²) in [5.41, 5.74) is 5.49. The zero-order valence-corrected chi connectivity index (χ0v) is 20.6. The van der Waals surface area contributed by atoms with Crippen LogP contribution in [0.3, 0.4) is 0 Å². The fraction of sp³-hybridized carbons (Fsp3) is 0.320. The van der Waals surface area contributed by atoms with E-state index in [4.69, 9.17) is 0 Å². The van der Waals surface area contributed by atoms with Gasteiger partial charge >= 0.3 is 0 Å². The third-order valence-corrected chi connectivity index (χ3v) is 6.54. The van der Waals surface area contributed by atoms with Crippen LogP contribution in [-0.4, -0.2) is 43.6 Å². The van der Waals surface area contributed by atoms with Crippen molar-refractivity contribution in [2.45, 2.75) is 38.1 Å². The van der Waals surface area contributed by atoms with Crippen molar-refractivity contribution in [3.63, 3.8) is 0 Å². The lowest BCUT2D eigenvalue weighted by molar-refractivity contribution is -0.120. The van der Waals surface area contributed by atoms with Gasteiger partial charge in [0.05, 0.1) is 35.3 Å². The molecule has 1 atom stereocenters. The Balaban J connectivity index is 1.45. The van der Waals surface area contributed by atoms with Gasteiger partial charge in [0.1, 0.15) is 10.7 Å². The highest BCUT2D eigenvalue weighted by atomic mass is 32.1. The molecule has 3 heterocycles. The number of hydrogen-bond donors (Lipinski definition) is 3. The van der Waals surface area contributed by atoms with E-state index in [0.29, 0.717) is 23.5 Å². The normalized spacial score (nSPS) is 11.8. The van der Waals surface area contributed by atoms with E-state index in [9.17, 15) is 9.59 Å². The largest absolute Gasteiger partial charge is 0.359 e. The number of carbonyl (C=O) groups excluding carboxylic acids is 2. The number of amides is 2. The number of aromatic nitrogens is 5. The number of unbranched alkanes of at least 4 members (excludes halogenated alkanes) is 2. The standard InChI is InChI=1S/C25H29N7O2S/c1-26-23(33)7-5-3-4-6-20(30-25(34)22-15-27-16-35-22)24-28-14-21(29-24)18-10-8-17(9-11-18)19-12-13-32(2)31-19/h8-16,20H,3-7H2,1-2H3,(H,26,33)(H,28,29)(H,30,34)/t20-/m0/s1. The van der Waals surface area contributed by atoms with Gasteiger partial charge in [0.25, 0.3) is 5.91 Å². The highest BCUT2D eigenvalue weighted by molar-refractivity contribution is 7.11. The maximum Gasteiger partial charge on any atom is 0.263 e. The van der Waals surface area contributed by atoms with E-state index in [1.54, 1.807) is 29.6 Å². The summed E-state index contributed by atoms with van der Waals surface area (Å²) in [4.78, 5) is 36.7. The molecule has 0 aliphatic heterocycles. The van der Waals surface area contributed by atoms with Crippen molar-refractivity contribution in [2.24, 2.45) is 7.05 Å². The number of nitrogens with one attached hydrogen (secondary N) is 3. The van der Waals surface area contributed by atoms with Crippen molar-refractivity contribution in [3.05, 3.63) is 65.1 Å². The second kappa shape index (κ2) is 11.6. The molecule has 4 rings (SSSR count). The van der Waals surface area contributed by atoms with Crippen LogP contribution in [0.1, 0.15) is 53.6 Å². The first-order valence-electron chi connectivity index (χ1n) is 11.6. The number of aromatic amines is 1. The van der Waals surface area contributed by atoms with Gasteiger partial charge in [-0.05, 0) is 24.5 Å². The second-order valence-electron chi connectivity index (χ2n) is 8.30. The van der Waals surface area contributed by atoms with Crippen LogP contribution in [0, 0.1) is 0 Å². The molecule has 3 N–H and O–H groups in total. The van der Waals surface area contributed by atoms with Crippen LogP contribution in [0.2, 0.25) is 0 Å². The Morgan fingerprint density at radius 2 is 1.89 bits per heavy atom. The lowest BCUT2D eigenvalue weighted by Crippen LogP contribution is -2.28. The van der Waals surface area contributed by atoms with Crippen LogP contribution < -0.4 is 10.6 Å². The number of rotatable bonds is 11. The Kier molecular flexibility index (Phi) is 8.04. The van der Waals surface area contributed by atoms with Gasteiger partial charge in [-0.3, -0.25) is 19.3 Å². The van der Waals surface area contributed by atoms with Crippen molar-refractivity contribution in [3.8, 4) is 22.5 Å². The lowest BCUT2D eigenvalue weighted by atomic mass is 10.1. The minimum absolute atomic E-state index is 0.0461. The Labute approximate surface area is 208 Å². The molecule has 4 aromatic rings. The molecule has 0 saturated carbocycles. The van der Waals surface area contributed by atoms with Gasteiger partial charge in [-0.15, -0.1) is 11.3 Å². The highest BCUT2D eigenvalue weighted by Gasteiger charge is 2.20. The van der Waals surface area contributed by atoms with Crippen LogP contribution in [0.25, 0.3) is 22.5 Å². The SMILES string of the molecule is CNC(=O)CCCCC[C@H](NC(=O)c1cncs1)c1ncc(-c2ccc(-c3ccn(C)n3)cc2)[nH]1. The first-order chi connectivity index (χ1) is 17.0. The first kappa shape index (κ1) is 24.3. The van der Waals surface area contributed by atoms with E-state index < -0.39 is 0 Å². The van der Waals surface area contributed by atoms with E-state index in [2.05, 4.69) is 30.7 Å². The van der Waals surface area contributed by atoms with E-state index in [0.717, 1.165) is 41.8 Å². The predicted molar refractivity (Wildman–Crippen MR) is 136 cm³/mol. The van der Waals surface area contributed by atoms with Gasteiger partial charge in [-0.1, -0.05) is 37.1 Å². The van der Waals surface area contributed by atoms with Crippen molar-refractivity contribution in [1.29, 1.82) is 0 Å². The van der Waals surface area contributed by atoms with Gasteiger partial charge in [0, 0.05) is 32.3 Å². The molecule has 0 aliphatic carbocycles. The van der Waals surface area contributed by atoms with Gasteiger partial charge in [0.2, 0.25) is 5.91 Å². The molecule has 0 spiro atoms. The van der Waals surface area contributed by atoms with E-state index in [1.165, 1.54) is 11.3 Å². The van der Waals surface area contributed by atoms with Crippen LogP contribution in [0.5, 0.6) is 0 Å². The maximum absolute atomic E-state index is 12.7. The summed E-state index contributed by atoms with van der Waals surface area (Å²) in [6.07, 6.45) is 9.06. The van der Waals surface area contributed by atoms with Crippen molar-refractivity contribution in [1.82, 2.24) is 35.4 Å². The number of hydrogen-bond acceptors (Lipinski definition) is 6. The van der Waals surface area contributed by atoms with Gasteiger partial charge in [0.15, 0.2) is 0 Å². The Hall–Kier alpha value is -3.79. The van der Waals surface area contributed by atoms with Crippen molar-refractivity contribution < 1.29 is 9.59 Å². The molecule has 3 aromatic heterocycles. The molecule has 0 saturated heterocycles. The summed E-state index contributed by atoms with van der Waals surface area (Å²) < 4.78 is 1.78. The molecule has 35 heavy (non-hydrogen) atoms. The van der Waals surface area contributed by atoms with Crippen LogP contribution in [0.15, 0.2) is 54.4 Å². The summed E-state index contributed by atoms with van der Waals surface area (Å²) >= 11 is 1.30. The Morgan fingerprint density at radius 1 is 1.09 bits per heavy atom. The van der Waals surface area contributed by atoms with Gasteiger partial charge < -0.3 is 15.6 Å². The topological polar surface area (TPSA) is 118 Å². The highest BCUT2D eigenvalue weighted by Crippen LogP contribution is 2.25. The summed E-state index contributed by atoms with van der Waals surface area (Å²) in [6.45, 7) is 0. The van der Waals surface area contributed by atoms with Crippen LogP contribution in [-0.2, 0) is 11.8 Å². The molecule has 0 fully saturated rings. The number of nitrogens with zero attached hydrogens (tertiary/aromatic N) is 4. The molecule has 182 valence electrons. The summed E-state index contributed by atoms with van der Waals surface area (Å²) in [5.74, 6) is 0.586. The zero-order valence-electron chi connectivity index (χ0n) is 19.8. The molecule has 0 radical (unpaired) electrons. The smallest absolute Gasteiger partial charge is 0.263 e. The zero-order chi connectivity index (χ0) is 24.6. The second-order valence-corrected chi connectivity index (χ2v) is 9.18. The lowest BCUT2D eigenvalue weighted by Gasteiger charge is -2.16. The number of imidazole rings is 1. The number of aryl methyl sites for hydroxylation is 1. The first-order valence-corrected chi connectivity index (χ1v) is 12.5. The quantitative estimate of drug-likeness (QED) is 0.273. The van der Waals surface area contributed by atoms with E-state index >= 15 is 0 Å². The monoisotopic (exact) mass is 491 g/mol. The average molecular weight is 492 g/mol. The van der Waals surface area contributed by atoms with Crippen LogP contribution in [0.4, 0.5) is 0 Å². The summed E-state index contributed by atoms with van der Waals surface area (Å²) in [6, 6.07) is 9.84. The van der Waals surface area contributed by atoms with Gasteiger partial charge in [-0.2, -0.15) is 5.10 Å². The number of H-pyrrole nitrogens is 1. The molecular formula is C25H29N7O2S. The Bertz CT molecular complexity index is 1250. The summed E-state index contributed by atoms with van der Waals surface area (Å²) in [7, 11) is 3.55. The Morgan fingerprint density at radius 3 is 2.57 bits per heavy atom. The third-order valence-electron chi connectivity index (χ3n) is 5.77. The van der Waals surface area contributed by atoms with Gasteiger partial charge in [-0.25, -0.2) is 4.98 Å². The van der Waals surface area contributed by atoms with E-state index in [-0.39, 0.29) is 17.9 Å². The molecule has 0 bridgehead atoms. The molecule has 0 unspecified atom stereocenters. The summed E-state index contributed by atoms with van der Waals surface area (Å²) in [5, 5.41) is 10.2. The number of carbonyl (C=O) groups is 2.